The number of nitrogens with zero attached hydrogens (tertiary/aromatic N) is 1. The Balaban J connectivity index is 1.73. The highest BCUT2D eigenvalue weighted by Gasteiger charge is 2.24. The van der Waals surface area contributed by atoms with Crippen LogP contribution in [0.3, 0.4) is 0 Å². The van der Waals surface area contributed by atoms with Gasteiger partial charge < -0.3 is 5.32 Å². The lowest BCUT2D eigenvalue weighted by molar-refractivity contribution is 0.0977. The second kappa shape index (κ2) is 7.56. The first-order valence-corrected chi connectivity index (χ1v) is 9.85. The van der Waals surface area contributed by atoms with Crippen LogP contribution < -0.4 is 10.6 Å². The Hall–Kier alpha value is -2.23. The molecule has 3 rings (SSSR count). The number of aryl methyl sites for hydroxylation is 2. The van der Waals surface area contributed by atoms with Gasteiger partial charge in [-0.15, -0.1) is 11.3 Å². The molecule has 2 aromatic rings. The van der Waals surface area contributed by atoms with Crippen molar-refractivity contribution in [3.8, 4) is 6.07 Å². The predicted molar refractivity (Wildman–Crippen MR) is 110 cm³/mol. The summed E-state index contributed by atoms with van der Waals surface area (Å²) in [4.78, 5) is 13.7. The van der Waals surface area contributed by atoms with E-state index in [4.69, 9.17) is 12.2 Å². The lowest BCUT2D eigenvalue weighted by Gasteiger charge is -2.17. The maximum atomic E-state index is 12.4. The minimum Gasteiger partial charge on any atom is -0.323 e. The molecule has 26 heavy (non-hydrogen) atoms. The van der Waals surface area contributed by atoms with E-state index in [1.54, 1.807) is 17.4 Å². The molecule has 1 aliphatic rings. The summed E-state index contributed by atoms with van der Waals surface area (Å²) in [5, 5.41) is 16.3. The molecule has 0 aliphatic heterocycles. The van der Waals surface area contributed by atoms with Crippen LogP contribution in [0.1, 0.15) is 50.8 Å². The molecule has 1 aromatic carbocycles. The smallest absolute Gasteiger partial charge is 0.257 e. The van der Waals surface area contributed by atoms with Crippen molar-refractivity contribution in [3.63, 3.8) is 0 Å². The average Bonchev–Trinajstić information content (AvgIpc) is 2.92. The molecule has 0 spiro atoms. The first-order valence-electron chi connectivity index (χ1n) is 8.63. The number of nitriles is 1. The third kappa shape index (κ3) is 3.79. The summed E-state index contributed by atoms with van der Waals surface area (Å²) in [5.41, 5.74) is 4.57. The van der Waals surface area contributed by atoms with E-state index in [9.17, 15) is 10.1 Å². The van der Waals surface area contributed by atoms with Gasteiger partial charge in [0, 0.05) is 10.4 Å². The molecule has 1 heterocycles. The van der Waals surface area contributed by atoms with Gasteiger partial charge in [0.1, 0.15) is 11.1 Å². The number of thiocarbonyl (C=S) groups is 1. The zero-order chi connectivity index (χ0) is 18.8. The highest BCUT2D eigenvalue weighted by molar-refractivity contribution is 7.80. The number of nitrogens with one attached hydrogen (secondary N) is 2. The summed E-state index contributed by atoms with van der Waals surface area (Å²) in [6.45, 7) is 6.21. The first-order chi connectivity index (χ1) is 12.4. The fraction of sp³-hybridized carbons (Fsp3) is 0.350. The molecule has 0 unspecified atom stereocenters. The van der Waals surface area contributed by atoms with Gasteiger partial charge in [0.15, 0.2) is 5.11 Å². The number of fused-ring (bicyclic) bond motifs is 1. The molecule has 134 valence electrons. The molecular formula is C20H21N3OS2. The van der Waals surface area contributed by atoms with Crippen molar-refractivity contribution in [2.24, 2.45) is 5.92 Å². The third-order valence-electron chi connectivity index (χ3n) is 4.85. The molecule has 4 nitrogen and oxygen atoms in total. The number of amides is 1. The topological polar surface area (TPSA) is 64.9 Å². The van der Waals surface area contributed by atoms with Crippen LogP contribution >= 0.6 is 23.6 Å². The first kappa shape index (κ1) is 18.6. The van der Waals surface area contributed by atoms with Gasteiger partial charge in [-0.05, 0) is 80.1 Å². The Bertz CT molecular complexity index is 924. The summed E-state index contributed by atoms with van der Waals surface area (Å²) in [6, 6.07) is 7.85. The highest BCUT2D eigenvalue weighted by Crippen LogP contribution is 2.39. The molecule has 0 fully saturated rings. The summed E-state index contributed by atoms with van der Waals surface area (Å²) in [6.07, 6.45) is 3.03. The normalized spacial score (nSPS) is 15.7. The molecule has 1 atom stereocenters. The fourth-order valence-corrected chi connectivity index (χ4v) is 4.77. The highest BCUT2D eigenvalue weighted by atomic mass is 32.1. The Kier molecular flexibility index (Phi) is 5.40. The van der Waals surface area contributed by atoms with Crippen molar-refractivity contribution in [2.75, 3.05) is 5.32 Å². The van der Waals surface area contributed by atoms with Crippen LogP contribution in [-0.2, 0) is 12.8 Å². The molecule has 1 aliphatic carbocycles. The minimum atomic E-state index is -0.251. The molecule has 1 aromatic heterocycles. The molecule has 1 amide bonds. The molecular weight excluding hydrogens is 362 g/mol. The second-order valence-electron chi connectivity index (χ2n) is 6.87. The van der Waals surface area contributed by atoms with E-state index < -0.39 is 0 Å². The number of hydrogen-bond donors (Lipinski definition) is 2. The van der Waals surface area contributed by atoms with E-state index >= 15 is 0 Å². The second-order valence-corrected chi connectivity index (χ2v) is 8.39. The van der Waals surface area contributed by atoms with Crippen LogP contribution in [-0.4, -0.2) is 11.0 Å². The Morgan fingerprint density at radius 2 is 2.12 bits per heavy atom. The Labute approximate surface area is 163 Å². The quantitative estimate of drug-likeness (QED) is 0.750. The van der Waals surface area contributed by atoms with Crippen molar-refractivity contribution in [3.05, 3.63) is 50.9 Å². The minimum absolute atomic E-state index is 0.219. The van der Waals surface area contributed by atoms with Crippen LogP contribution in [0.2, 0.25) is 0 Å². The fourth-order valence-electron chi connectivity index (χ4n) is 3.15. The zero-order valence-corrected chi connectivity index (χ0v) is 16.7. The van der Waals surface area contributed by atoms with Crippen LogP contribution in [0.5, 0.6) is 0 Å². The van der Waals surface area contributed by atoms with E-state index in [1.807, 2.05) is 26.0 Å². The summed E-state index contributed by atoms with van der Waals surface area (Å²) < 4.78 is 0. The SMILES string of the molecule is Cc1ccc(C(=O)NC(=S)Nc2sc3c(c2C#N)CC[C@H](C)C3)cc1C. The zero-order valence-electron chi connectivity index (χ0n) is 15.1. The van der Waals surface area contributed by atoms with Crippen LogP contribution in [0, 0.1) is 31.1 Å². The number of hydrogen-bond acceptors (Lipinski definition) is 4. The number of carbonyl (C=O) groups is 1. The van der Waals surface area contributed by atoms with Crippen LogP contribution in [0.15, 0.2) is 18.2 Å². The van der Waals surface area contributed by atoms with Crippen molar-refractivity contribution < 1.29 is 4.79 Å². The molecule has 0 bridgehead atoms. The number of thiophene rings is 1. The molecule has 0 radical (unpaired) electrons. The van der Waals surface area contributed by atoms with Gasteiger partial charge >= 0.3 is 0 Å². The maximum absolute atomic E-state index is 12.4. The number of carbonyl (C=O) groups excluding carboxylic acids is 1. The number of rotatable bonds is 2. The van der Waals surface area contributed by atoms with Crippen molar-refractivity contribution in [1.29, 1.82) is 5.26 Å². The summed E-state index contributed by atoms with van der Waals surface area (Å²) >= 11 is 6.87. The monoisotopic (exact) mass is 383 g/mol. The van der Waals surface area contributed by atoms with Gasteiger partial charge in [-0.25, -0.2) is 0 Å². The van der Waals surface area contributed by atoms with E-state index in [2.05, 4.69) is 23.6 Å². The average molecular weight is 384 g/mol. The Morgan fingerprint density at radius 1 is 1.35 bits per heavy atom. The van der Waals surface area contributed by atoms with Crippen molar-refractivity contribution >= 4 is 39.6 Å². The third-order valence-corrected chi connectivity index (χ3v) is 6.22. The van der Waals surface area contributed by atoms with E-state index in [-0.39, 0.29) is 11.0 Å². The molecule has 0 saturated heterocycles. The van der Waals surface area contributed by atoms with Gasteiger partial charge in [-0.3, -0.25) is 10.1 Å². The Morgan fingerprint density at radius 3 is 2.81 bits per heavy atom. The summed E-state index contributed by atoms with van der Waals surface area (Å²) in [7, 11) is 0. The summed E-state index contributed by atoms with van der Waals surface area (Å²) in [5.74, 6) is 0.385. The van der Waals surface area contributed by atoms with Gasteiger partial charge in [0.2, 0.25) is 0 Å². The van der Waals surface area contributed by atoms with Gasteiger partial charge in [0.05, 0.1) is 5.56 Å². The van der Waals surface area contributed by atoms with Crippen molar-refractivity contribution in [1.82, 2.24) is 5.32 Å². The van der Waals surface area contributed by atoms with Crippen LogP contribution in [0.4, 0.5) is 5.00 Å². The van der Waals surface area contributed by atoms with Gasteiger partial charge in [-0.1, -0.05) is 13.0 Å². The van der Waals surface area contributed by atoms with Gasteiger partial charge in [0.25, 0.3) is 5.91 Å². The van der Waals surface area contributed by atoms with E-state index in [0.717, 1.165) is 41.0 Å². The molecule has 2 N–H and O–H groups in total. The number of anilines is 1. The maximum Gasteiger partial charge on any atom is 0.257 e. The van der Waals surface area contributed by atoms with E-state index in [0.29, 0.717) is 17.0 Å². The lowest BCUT2D eigenvalue weighted by atomic mass is 9.89. The largest absolute Gasteiger partial charge is 0.323 e. The van der Waals surface area contributed by atoms with Crippen LogP contribution in [0.25, 0.3) is 0 Å². The standard InChI is InChI=1S/C20H21N3OS2/c1-11-4-7-15-16(10-21)19(26-17(15)8-11)23-20(25)22-18(24)14-6-5-12(2)13(3)9-14/h5-6,9,11H,4,7-8H2,1-3H3,(H2,22,23,24,25)/t11-/m0/s1. The molecule has 6 heteroatoms. The predicted octanol–water partition coefficient (Wildman–Crippen LogP) is 4.49. The van der Waals surface area contributed by atoms with Crippen molar-refractivity contribution in [2.45, 2.75) is 40.0 Å². The number of benzene rings is 1. The molecule has 0 saturated carbocycles. The lowest BCUT2D eigenvalue weighted by Crippen LogP contribution is -2.34. The van der Waals surface area contributed by atoms with E-state index in [1.165, 1.54) is 4.88 Å². The van der Waals surface area contributed by atoms with Gasteiger partial charge in [-0.2, -0.15) is 5.26 Å².